The molecule has 1 rings (SSSR count). The van der Waals surface area contributed by atoms with Gasteiger partial charge in [0, 0.05) is 11.6 Å². The van der Waals surface area contributed by atoms with Crippen molar-refractivity contribution in [3.05, 3.63) is 35.4 Å². The zero-order chi connectivity index (χ0) is 13.7. The molecular formula is C12H17N3O3. The summed E-state index contributed by atoms with van der Waals surface area (Å²) in [5, 5.41) is 23.2. The van der Waals surface area contributed by atoms with E-state index < -0.39 is 12.0 Å². The van der Waals surface area contributed by atoms with Gasteiger partial charge in [0.25, 0.3) is 0 Å². The Labute approximate surface area is 105 Å². The van der Waals surface area contributed by atoms with E-state index in [9.17, 15) is 4.79 Å². The minimum absolute atomic E-state index is 0.0427. The third kappa shape index (κ3) is 3.46. The summed E-state index contributed by atoms with van der Waals surface area (Å²) >= 11 is 0. The van der Waals surface area contributed by atoms with Crippen molar-refractivity contribution in [2.45, 2.75) is 25.9 Å². The number of nitrogens with zero attached hydrogens (tertiary/aromatic N) is 1. The van der Waals surface area contributed by atoms with Gasteiger partial charge in [-0.15, -0.1) is 0 Å². The lowest BCUT2D eigenvalue weighted by Crippen LogP contribution is -2.35. The summed E-state index contributed by atoms with van der Waals surface area (Å²) in [6, 6.07) is 6.32. The quantitative estimate of drug-likeness (QED) is 0.269. The zero-order valence-corrected chi connectivity index (χ0v) is 10.3. The average molecular weight is 251 g/mol. The first kappa shape index (κ1) is 14.0. The van der Waals surface area contributed by atoms with E-state index in [4.69, 9.17) is 16.0 Å². The van der Waals surface area contributed by atoms with Crippen molar-refractivity contribution in [3.63, 3.8) is 0 Å². The Morgan fingerprint density at radius 3 is 2.33 bits per heavy atom. The Balaban J connectivity index is 2.76. The second-order valence-corrected chi connectivity index (χ2v) is 4.06. The van der Waals surface area contributed by atoms with E-state index in [1.54, 1.807) is 31.2 Å². The predicted octanol–water partition coefficient (Wildman–Crippen LogP) is 0.905. The van der Waals surface area contributed by atoms with Crippen molar-refractivity contribution in [1.29, 1.82) is 0 Å². The molecule has 0 aliphatic rings. The van der Waals surface area contributed by atoms with Gasteiger partial charge in [-0.1, -0.05) is 29.4 Å². The summed E-state index contributed by atoms with van der Waals surface area (Å²) in [7, 11) is 0. The molecule has 0 spiro atoms. The van der Waals surface area contributed by atoms with Crippen molar-refractivity contribution < 1.29 is 15.1 Å². The average Bonchev–Trinajstić information content (AvgIpc) is 2.37. The minimum Gasteiger partial charge on any atom is -0.480 e. The van der Waals surface area contributed by atoms with E-state index in [-0.39, 0.29) is 11.9 Å². The van der Waals surface area contributed by atoms with Crippen molar-refractivity contribution >= 4 is 11.8 Å². The molecule has 0 bridgehead atoms. The molecule has 0 amide bonds. The van der Waals surface area contributed by atoms with Gasteiger partial charge in [0.1, 0.15) is 6.04 Å². The summed E-state index contributed by atoms with van der Waals surface area (Å²) < 4.78 is 0. The fraction of sp³-hybridized carbons (Fsp3) is 0.333. The normalized spacial score (nSPS) is 15.1. The highest BCUT2D eigenvalue weighted by atomic mass is 16.4. The van der Waals surface area contributed by atoms with Crippen LogP contribution in [-0.4, -0.2) is 28.2 Å². The van der Waals surface area contributed by atoms with Gasteiger partial charge in [0.15, 0.2) is 5.84 Å². The van der Waals surface area contributed by atoms with Gasteiger partial charge in [0.2, 0.25) is 0 Å². The molecule has 98 valence electrons. The van der Waals surface area contributed by atoms with Crippen molar-refractivity contribution in [2.24, 2.45) is 10.9 Å². The number of hydrogen-bond acceptors (Lipinski definition) is 4. The maximum atomic E-state index is 10.7. The monoisotopic (exact) mass is 251 g/mol. The van der Waals surface area contributed by atoms with Crippen LogP contribution in [-0.2, 0) is 4.79 Å². The highest BCUT2D eigenvalue weighted by Gasteiger charge is 2.14. The molecule has 0 unspecified atom stereocenters. The van der Waals surface area contributed by atoms with Crippen LogP contribution in [0.25, 0.3) is 0 Å². The number of benzene rings is 1. The number of nitrogens with two attached hydrogens (primary N) is 1. The van der Waals surface area contributed by atoms with Gasteiger partial charge in [-0.3, -0.25) is 10.1 Å². The Hall–Kier alpha value is -2.08. The Morgan fingerprint density at radius 1 is 1.33 bits per heavy atom. The van der Waals surface area contributed by atoms with E-state index in [1.807, 2.05) is 6.92 Å². The largest absolute Gasteiger partial charge is 0.480 e. The number of oxime groups is 1. The number of aliphatic carboxylic acids is 1. The van der Waals surface area contributed by atoms with Crippen LogP contribution in [0.15, 0.2) is 29.4 Å². The molecule has 1 aromatic carbocycles. The number of hydrogen-bond donors (Lipinski definition) is 4. The lowest BCUT2D eigenvalue weighted by Gasteiger charge is -2.17. The van der Waals surface area contributed by atoms with Crippen LogP contribution >= 0.6 is 0 Å². The molecule has 6 nitrogen and oxygen atoms in total. The molecule has 2 atom stereocenters. The van der Waals surface area contributed by atoms with E-state index in [0.717, 1.165) is 5.56 Å². The fourth-order valence-corrected chi connectivity index (χ4v) is 1.54. The summed E-state index contributed by atoms with van der Waals surface area (Å²) in [6.45, 7) is 3.46. The molecule has 6 heteroatoms. The molecule has 0 saturated carbocycles. The number of carboxylic acids is 1. The number of rotatable bonds is 5. The summed E-state index contributed by atoms with van der Waals surface area (Å²) in [5.41, 5.74) is 6.99. The molecule has 0 radical (unpaired) electrons. The van der Waals surface area contributed by atoms with Crippen molar-refractivity contribution in [2.75, 3.05) is 0 Å². The van der Waals surface area contributed by atoms with Gasteiger partial charge < -0.3 is 16.0 Å². The summed E-state index contributed by atoms with van der Waals surface area (Å²) in [5.74, 6) is -0.851. The van der Waals surface area contributed by atoms with Crippen molar-refractivity contribution in [3.8, 4) is 0 Å². The first-order valence-electron chi connectivity index (χ1n) is 5.52. The standard InChI is InChI=1S/C12H17N3O3/c1-7(14-8(2)12(16)17)9-3-5-10(6-4-9)11(13)15-18/h3-8,14,18H,1-2H3,(H2,13,15)(H,16,17)/t7-,8+/m0/s1. The van der Waals surface area contributed by atoms with E-state index in [0.29, 0.717) is 5.56 Å². The topological polar surface area (TPSA) is 108 Å². The fourth-order valence-electron chi connectivity index (χ4n) is 1.54. The van der Waals surface area contributed by atoms with Gasteiger partial charge >= 0.3 is 5.97 Å². The van der Waals surface area contributed by atoms with Gasteiger partial charge in [0.05, 0.1) is 0 Å². The summed E-state index contributed by atoms with van der Waals surface area (Å²) in [6.07, 6.45) is 0. The number of carboxylic acid groups (broad SMARTS) is 1. The highest BCUT2D eigenvalue weighted by molar-refractivity contribution is 5.96. The van der Waals surface area contributed by atoms with Crippen LogP contribution in [0.5, 0.6) is 0 Å². The Morgan fingerprint density at radius 2 is 1.89 bits per heavy atom. The predicted molar refractivity (Wildman–Crippen MR) is 67.6 cm³/mol. The smallest absolute Gasteiger partial charge is 0.320 e. The van der Waals surface area contributed by atoms with Crippen LogP contribution in [0.3, 0.4) is 0 Å². The molecule has 0 aromatic heterocycles. The second kappa shape index (κ2) is 6.02. The first-order valence-corrected chi connectivity index (χ1v) is 5.52. The SMILES string of the molecule is C[C@H](N[C@H](C)C(=O)O)c1ccc(C(N)=NO)cc1. The first-order chi connectivity index (χ1) is 8.45. The molecule has 0 fully saturated rings. The molecule has 0 aliphatic carbocycles. The van der Waals surface area contributed by atoms with Gasteiger partial charge in [-0.05, 0) is 19.4 Å². The molecule has 5 N–H and O–H groups in total. The van der Waals surface area contributed by atoms with E-state index in [2.05, 4.69) is 10.5 Å². The third-order valence-electron chi connectivity index (χ3n) is 2.68. The molecule has 18 heavy (non-hydrogen) atoms. The number of amidine groups is 1. The van der Waals surface area contributed by atoms with Crippen LogP contribution < -0.4 is 11.1 Å². The maximum Gasteiger partial charge on any atom is 0.320 e. The Kier molecular flexibility index (Phi) is 4.67. The van der Waals surface area contributed by atoms with E-state index >= 15 is 0 Å². The molecule has 1 aromatic rings. The minimum atomic E-state index is -0.893. The maximum absolute atomic E-state index is 10.7. The Bertz CT molecular complexity index is 442. The molecular weight excluding hydrogens is 234 g/mol. The van der Waals surface area contributed by atoms with Crippen LogP contribution in [0.2, 0.25) is 0 Å². The van der Waals surface area contributed by atoms with Crippen LogP contribution in [0.4, 0.5) is 0 Å². The number of carbonyl (C=O) groups is 1. The van der Waals surface area contributed by atoms with E-state index in [1.165, 1.54) is 0 Å². The highest BCUT2D eigenvalue weighted by Crippen LogP contribution is 2.14. The van der Waals surface area contributed by atoms with Crippen LogP contribution in [0.1, 0.15) is 31.0 Å². The molecule has 0 aliphatic heterocycles. The second-order valence-electron chi connectivity index (χ2n) is 4.06. The zero-order valence-electron chi connectivity index (χ0n) is 10.3. The van der Waals surface area contributed by atoms with Gasteiger partial charge in [-0.2, -0.15) is 0 Å². The lowest BCUT2D eigenvalue weighted by atomic mass is 10.0. The third-order valence-corrected chi connectivity index (χ3v) is 2.68. The van der Waals surface area contributed by atoms with Gasteiger partial charge in [-0.25, -0.2) is 0 Å². The number of nitrogens with one attached hydrogen (secondary N) is 1. The molecule has 0 saturated heterocycles. The lowest BCUT2D eigenvalue weighted by molar-refractivity contribution is -0.139. The summed E-state index contributed by atoms with van der Waals surface area (Å²) in [4.78, 5) is 10.7. The molecule has 0 heterocycles. The van der Waals surface area contributed by atoms with Crippen LogP contribution in [0, 0.1) is 0 Å². The van der Waals surface area contributed by atoms with Crippen molar-refractivity contribution in [1.82, 2.24) is 5.32 Å².